The highest BCUT2D eigenvalue weighted by atomic mass is 32.2. The first-order valence-electron chi connectivity index (χ1n) is 9.38. The fourth-order valence-electron chi connectivity index (χ4n) is 3.88. The van der Waals surface area contributed by atoms with Crippen molar-refractivity contribution in [1.29, 1.82) is 0 Å². The monoisotopic (exact) mass is 394 g/mol. The Labute approximate surface area is 159 Å². The summed E-state index contributed by atoms with van der Waals surface area (Å²) in [5.74, 6) is -0.913. The van der Waals surface area contributed by atoms with Gasteiger partial charge in [-0.05, 0) is 51.2 Å². The third kappa shape index (κ3) is 4.50. The molecule has 1 aromatic rings. The Morgan fingerprint density at radius 1 is 1.19 bits per heavy atom. The number of carbonyl (C=O) groups is 2. The van der Waals surface area contributed by atoms with Crippen molar-refractivity contribution in [2.45, 2.75) is 55.9 Å². The van der Waals surface area contributed by atoms with Crippen LogP contribution in [0.1, 0.15) is 44.1 Å². The summed E-state index contributed by atoms with van der Waals surface area (Å²) in [7, 11) is -3.55. The van der Waals surface area contributed by atoms with E-state index in [1.54, 1.807) is 24.3 Å². The minimum absolute atomic E-state index is 0.131. The number of hydrogen-bond donors (Lipinski definition) is 2. The van der Waals surface area contributed by atoms with Crippen LogP contribution in [0.15, 0.2) is 29.2 Å². The molecule has 1 unspecified atom stereocenters. The van der Waals surface area contributed by atoms with Gasteiger partial charge < -0.3 is 10.1 Å². The number of sulfonamides is 1. The van der Waals surface area contributed by atoms with E-state index < -0.39 is 21.5 Å². The number of nitrogens with one attached hydrogen (secondary N) is 2. The summed E-state index contributed by atoms with van der Waals surface area (Å²) in [6, 6.07) is 6.63. The fraction of sp³-hybridized carbons (Fsp3) is 0.579. The zero-order valence-electron chi connectivity index (χ0n) is 15.5. The lowest BCUT2D eigenvalue weighted by molar-refractivity contribution is -0.149. The highest BCUT2D eigenvalue weighted by Gasteiger charge is 2.53. The molecule has 1 heterocycles. The SMILES string of the molecule is Cc1ccc(S(=O)(=O)NCCCNC(=O)C2CC(=O)OC23CCCC3)cc1. The molecule has 2 aliphatic rings. The molecule has 3 rings (SSSR count). The number of benzene rings is 1. The molecule has 8 heteroatoms. The maximum Gasteiger partial charge on any atom is 0.307 e. The average molecular weight is 394 g/mol. The van der Waals surface area contributed by atoms with Gasteiger partial charge >= 0.3 is 5.97 Å². The van der Waals surface area contributed by atoms with E-state index in [2.05, 4.69) is 10.0 Å². The number of carbonyl (C=O) groups excluding carboxylic acids is 2. The van der Waals surface area contributed by atoms with Crippen LogP contribution in [-0.4, -0.2) is 39.0 Å². The van der Waals surface area contributed by atoms with E-state index in [0.29, 0.717) is 13.0 Å². The van der Waals surface area contributed by atoms with Crippen LogP contribution in [0.3, 0.4) is 0 Å². The van der Waals surface area contributed by atoms with Crippen molar-refractivity contribution in [3.05, 3.63) is 29.8 Å². The highest BCUT2D eigenvalue weighted by Crippen LogP contribution is 2.45. The Morgan fingerprint density at radius 3 is 2.52 bits per heavy atom. The van der Waals surface area contributed by atoms with Crippen molar-refractivity contribution in [1.82, 2.24) is 10.0 Å². The molecule has 0 bridgehead atoms. The average Bonchev–Trinajstić information content (AvgIpc) is 3.21. The van der Waals surface area contributed by atoms with Crippen LogP contribution < -0.4 is 10.0 Å². The van der Waals surface area contributed by atoms with Crippen LogP contribution in [0.5, 0.6) is 0 Å². The molecule has 1 atom stereocenters. The van der Waals surface area contributed by atoms with E-state index in [4.69, 9.17) is 4.74 Å². The van der Waals surface area contributed by atoms with Crippen LogP contribution in [0.4, 0.5) is 0 Å². The van der Waals surface area contributed by atoms with Crippen LogP contribution in [0.25, 0.3) is 0 Å². The number of hydrogen-bond acceptors (Lipinski definition) is 5. The molecule has 148 valence electrons. The van der Waals surface area contributed by atoms with Crippen LogP contribution >= 0.6 is 0 Å². The van der Waals surface area contributed by atoms with Crippen LogP contribution in [-0.2, 0) is 24.3 Å². The van der Waals surface area contributed by atoms with Crippen molar-refractivity contribution in [3.8, 4) is 0 Å². The molecule has 1 aliphatic carbocycles. The molecule has 1 aliphatic heterocycles. The first-order valence-corrected chi connectivity index (χ1v) is 10.9. The van der Waals surface area contributed by atoms with Gasteiger partial charge in [-0.15, -0.1) is 0 Å². The fourth-order valence-corrected chi connectivity index (χ4v) is 4.95. The third-order valence-corrected chi connectivity index (χ3v) is 6.84. The number of esters is 1. The third-order valence-electron chi connectivity index (χ3n) is 5.37. The number of ether oxygens (including phenoxy) is 1. The molecule has 2 fully saturated rings. The van der Waals surface area contributed by atoms with Gasteiger partial charge in [-0.2, -0.15) is 0 Å². The first-order chi connectivity index (χ1) is 12.8. The van der Waals surface area contributed by atoms with Gasteiger partial charge in [0.25, 0.3) is 0 Å². The minimum Gasteiger partial charge on any atom is -0.458 e. The molecular weight excluding hydrogens is 368 g/mol. The molecule has 7 nitrogen and oxygen atoms in total. The number of amides is 1. The topological polar surface area (TPSA) is 102 Å². The molecule has 0 radical (unpaired) electrons. The van der Waals surface area contributed by atoms with Crippen LogP contribution in [0, 0.1) is 12.8 Å². The lowest BCUT2D eigenvalue weighted by Crippen LogP contribution is -2.43. The minimum atomic E-state index is -3.55. The molecule has 1 amide bonds. The van der Waals surface area contributed by atoms with Crippen molar-refractivity contribution in [3.63, 3.8) is 0 Å². The second-order valence-corrected chi connectivity index (χ2v) is 9.13. The predicted octanol–water partition coefficient (Wildman–Crippen LogP) is 1.66. The normalized spacial score (nSPS) is 21.4. The smallest absolute Gasteiger partial charge is 0.307 e. The van der Waals surface area contributed by atoms with Crippen LogP contribution in [0.2, 0.25) is 0 Å². The van der Waals surface area contributed by atoms with E-state index >= 15 is 0 Å². The largest absolute Gasteiger partial charge is 0.458 e. The van der Waals surface area contributed by atoms with E-state index in [9.17, 15) is 18.0 Å². The molecule has 1 saturated carbocycles. The van der Waals surface area contributed by atoms with E-state index in [-0.39, 0.29) is 29.7 Å². The molecule has 1 saturated heterocycles. The van der Waals surface area contributed by atoms with Crippen molar-refractivity contribution >= 4 is 21.9 Å². The number of rotatable bonds is 7. The summed E-state index contributed by atoms with van der Waals surface area (Å²) < 4.78 is 32.4. The second-order valence-electron chi connectivity index (χ2n) is 7.36. The maximum absolute atomic E-state index is 12.5. The van der Waals surface area contributed by atoms with Gasteiger partial charge in [0.1, 0.15) is 5.60 Å². The van der Waals surface area contributed by atoms with Gasteiger partial charge in [0.05, 0.1) is 17.2 Å². The second kappa shape index (κ2) is 7.98. The highest BCUT2D eigenvalue weighted by molar-refractivity contribution is 7.89. The van der Waals surface area contributed by atoms with Gasteiger partial charge in [0.15, 0.2) is 0 Å². The summed E-state index contributed by atoms with van der Waals surface area (Å²) in [6.45, 7) is 2.46. The Hall–Kier alpha value is -1.93. The first kappa shape index (κ1) is 19.8. The summed E-state index contributed by atoms with van der Waals surface area (Å²) in [6.07, 6.45) is 4.02. The molecule has 1 spiro atoms. The van der Waals surface area contributed by atoms with E-state index in [0.717, 1.165) is 31.2 Å². The van der Waals surface area contributed by atoms with Gasteiger partial charge in [0, 0.05) is 13.1 Å². The zero-order valence-corrected chi connectivity index (χ0v) is 16.3. The molecule has 27 heavy (non-hydrogen) atoms. The van der Waals surface area contributed by atoms with Gasteiger partial charge in [-0.3, -0.25) is 9.59 Å². The molecular formula is C19H26N2O5S. The number of aryl methyl sites for hydroxylation is 1. The summed E-state index contributed by atoms with van der Waals surface area (Å²) >= 11 is 0. The lowest BCUT2D eigenvalue weighted by Gasteiger charge is -2.27. The Bertz CT molecular complexity index is 798. The summed E-state index contributed by atoms with van der Waals surface area (Å²) in [5.41, 5.74) is 0.375. The summed E-state index contributed by atoms with van der Waals surface area (Å²) in [4.78, 5) is 24.4. The quantitative estimate of drug-likeness (QED) is 0.541. The van der Waals surface area contributed by atoms with Gasteiger partial charge in [-0.1, -0.05) is 17.7 Å². The van der Waals surface area contributed by atoms with Crippen molar-refractivity contribution < 1.29 is 22.7 Å². The predicted molar refractivity (Wildman–Crippen MR) is 99.4 cm³/mol. The Kier molecular flexibility index (Phi) is 5.86. The zero-order chi connectivity index (χ0) is 19.5. The lowest BCUT2D eigenvalue weighted by atomic mass is 9.85. The van der Waals surface area contributed by atoms with Gasteiger partial charge in [-0.25, -0.2) is 13.1 Å². The molecule has 1 aromatic carbocycles. The van der Waals surface area contributed by atoms with E-state index in [1.165, 1.54) is 0 Å². The van der Waals surface area contributed by atoms with Gasteiger partial charge in [0.2, 0.25) is 15.9 Å². The van der Waals surface area contributed by atoms with Crippen molar-refractivity contribution in [2.24, 2.45) is 5.92 Å². The maximum atomic E-state index is 12.5. The molecule has 0 aromatic heterocycles. The Morgan fingerprint density at radius 2 is 1.85 bits per heavy atom. The molecule has 2 N–H and O–H groups in total. The Balaban J connectivity index is 1.44. The summed E-state index contributed by atoms with van der Waals surface area (Å²) in [5, 5.41) is 2.82. The van der Waals surface area contributed by atoms with Crippen molar-refractivity contribution in [2.75, 3.05) is 13.1 Å². The standard InChI is InChI=1S/C19H26N2O5S/c1-14-5-7-15(8-6-14)27(24,25)21-12-4-11-20-18(23)16-13-17(22)26-19(16)9-2-3-10-19/h5-8,16,21H,2-4,9-13H2,1H3,(H,20,23). The van der Waals surface area contributed by atoms with E-state index in [1.807, 2.05) is 6.92 Å².